The van der Waals surface area contributed by atoms with Gasteiger partial charge in [-0.2, -0.15) is 0 Å². The van der Waals surface area contributed by atoms with Gasteiger partial charge in [-0.3, -0.25) is 0 Å². The van der Waals surface area contributed by atoms with E-state index in [0.717, 1.165) is 30.2 Å². The van der Waals surface area contributed by atoms with Crippen LogP contribution < -0.4 is 5.32 Å². The molecule has 0 saturated heterocycles. The van der Waals surface area contributed by atoms with Crippen LogP contribution in [0.25, 0.3) is 0 Å². The van der Waals surface area contributed by atoms with Crippen molar-refractivity contribution in [3.8, 4) is 0 Å². The van der Waals surface area contributed by atoms with E-state index in [0.29, 0.717) is 12.6 Å². The summed E-state index contributed by atoms with van der Waals surface area (Å²) in [5, 5.41) is 13.2. The van der Waals surface area contributed by atoms with Crippen molar-refractivity contribution in [1.29, 1.82) is 0 Å². The van der Waals surface area contributed by atoms with Gasteiger partial charge in [0.1, 0.15) is 0 Å². The van der Waals surface area contributed by atoms with Crippen LogP contribution in [0.3, 0.4) is 0 Å². The summed E-state index contributed by atoms with van der Waals surface area (Å²) in [7, 11) is 0. The first-order chi connectivity index (χ1) is 8.20. The Morgan fingerprint density at radius 2 is 2.35 bits per heavy atom. The van der Waals surface area contributed by atoms with Crippen molar-refractivity contribution >= 4 is 15.9 Å². The molecule has 0 fully saturated rings. The first-order valence-corrected chi connectivity index (χ1v) is 7.19. The molecule has 1 aliphatic rings. The Bertz CT molecular complexity index is 380. The van der Waals surface area contributed by atoms with E-state index in [-0.39, 0.29) is 6.10 Å². The Balaban J connectivity index is 1.93. The molecule has 0 amide bonds. The third kappa shape index (κ3) is 3.30. The van der Waals surface area contributed by atoms with Gasteiger partial charge in [0.2, 0.25) is 0 Å². The van der Waals surface area contributed by atoms with Gasteiger partial charge in [0.15, 0.2) is 0 Å². The van der Waals surface area contributed by atoms with Crippen molar-refractivity contribution in [2.75, 3.05) is 6.54 Å². The lowest BCUT2D eigenvalue weighted by Crippen LogP contribution is -2.29. The van der Waals surface area contributed by atoms with E-state index < -0.39 is 0 Å². The van der Waals surface area contributed by atoms with E-state index in [2.05, 4.69) is 46.4 Å². The number of aliphatic hydroxyl groups is 1. The number of rotatable bonds is 5. The quantitative estimate of drug-likeness (QED) is 0.875. The summed E-state index contributed by atoms with van der Waals surface area (Å²) in [6, 6.07) is 6.92. The van der Waals surface area contributed by atoms with Crippen LogP contribution in [0.2, 0.25) is 0 Å². The molecule has 1 aliphatic carbocycles. The Morgan fingerprint density at radius 1 is 1.53 bits per heavy atom. The first kappa shape index (κ1) is 13.1. The van der Waals surface area contributed by atoms with E-state index in [1.54, 1.807) is 0 Å². The number of fused-ring (bicyclic) bond motifs is 1. The van der Waals surface area contributed by atoms with Crippen molar-refractivity contribution in [2.24, 2.45) is 0 Å². The van der Waals surface area contributed by atoms with Crippen LogP contribution in [0.15, 0.2) is 22.7 Å². The van der Waals surface area contributed by atoms with E-state index in [1.165, 1.54) is 11.1 Å². The monoisotopic (exact) mass is 297 g/mol. The van der Waals surface area contributed by atoms with Gasteiger partial charge < -0.3 is 10.4 Å². The summed E-state index contributed by atoms with van der Waals surface area (Å²) in [6.45, 7) is 2.81. The average Bonchev–Trinajstić information content (AvgIpc) is 2.69. The summed E-state index contributed by atoms with van der Waals surface area (Å²) in [5.74, 6) is 0. The molecule has 1 aromatic carbocycles. The summed E-state index contributed by atoms with van der Waals surface area (Å²) >= 11 is 3.51. The highest BCUT2D eigenvalue weighted by Gasteiger charge is 2.22. The molecule has 2 atom stereocenters. The highest BCUT2D eigenvalue weighted by molar-refractivity contribution is 9.10. The minimum atomic E-state index is -0.209. The van der Waals surface area contributed by atoms with Gasteiger partial charge in [0, 0.05) is 17.1 Å². The number of aryl methyl sites for hydroxylation is 1. The van der Waals surface area contributed by atoms with Gasteiger partial charge in [0.25, 0.3) is 0 Å². The second-order valence-corrected chi connectivity index (χ2v) is 5.70. The van der Waals surface area contributed by atoms with Crippen LogP contribution in [0.5, 0.6) is 0 Å². The van der Waals surface area contributed by atoms with Gasteiger partial charge in [-0.25, -0.2) is 0 Å². The number of halogens is 1. The SMILES string of the molecule is CCCC(O)CNC1CCc2cc(Br)ccc21. The molecule has 0 aromatic heterocycles. The maximum absolute atomic E-state index is 9.73. The van der Waals surface area contributed by atoms with E-state index >= 15 is 0 Å². The van der Waals surface area contributed by atoms with E-state index in [1.807, 2.05) is 0 Å². The maximum Gasteiger partial charge on any atom is 0.0664 e. The average molecular weight is 298 g/mol. The van der Waals surface area contributed by atoms with Crippen LogP contribution in [0.4, 0.5) is 0 Å². The van der Waals surface area contributed by atoms with Gasteiger partial charge >= 0.3 is 0 Å². The Labute approximate surface area is 112 Å². The fourth-order valence-electron chi connectivity index (χ4n) is 2.51. The molecule has 1 aromatic rings. The smallest absolute Gasteiger partial charge is 0.0664 e. The zero-order valence-electron chi connectivity index (χ0n) is 10.2. The van der Waals surface area contributed by atoms with E-state index in [4.69, 9.17) is 0 Å². The summed E-state index contributed by atoms with van der Waals surface area (Å²) in [6.07, 6.45) is 3.99. The van der Waals surface area contributed by atoms with Gasteiger partial charge in [-0.15, -0.1) is 0 Å². The number of nitrogens with one attached hydrogen (secondary N) is 1. The maximum atomic E-state index is 9.73. The topological polar surface area (TPSA) is 32.3 Å². The molecule has 94 valence electrons. The molecule has 0 spiro atoms. The summed E-state index contributed by atoms with van der Waals surface area (Å²) < 4.78 is 1.16. The van der Waals surface area contributed by atoms with Gasteiger partial charge in [-0.1, -0.05) is 35.3 Å². The number of hydrogen-bond donors (Lipinski definition) is 2. The molecule has 3 heteroatoms. The zero-order valence-corrected chi connectivity index (χ0v) is 11.8. The van der Waals surface area contributed by atoms with E-state index in [9.17, 15) is 5.11 Å². The van der Waals surface area contributed by atoms with Crippen LogP contribution in [-0.2, 0) is 6.42 Å². The predicted octanol–water partition coefficient (Wildman–Crippen LogP) is 3.19. The standard InChI is InChI=1S/C14H20BrNO/c1-2-3-12(17)9-16-14-7-4-10-8-11(15)5-6-13(10)14/h5-6,8,12,14,16-17H,2-4,7,9H2,1H3. The molecule has 2 unspecified atom stereocenters. The van der Waals surface area contributed by atoms with Crippen molar-refractivity contribution in [3.05, 3.63) is 33.8 Å². The van der Waals surface area contributed by atoms with Crippen LogP contribution in [0, 0.1) is 0 Å². The summed E-state index contributed by atoms with van der Waals surface area (Å²) in [4.78, 5) is 0. The minimum absolute atomic E-state index is 0.209. The Kier molecular flexibility index (Phi) is 4.60. The molecule has 0 radical (unpaired) electrons. The number of hydrogen-bond acceptors (Lipinski definition) is 2. The highest BCUT2D eigenvalue weighted by atomic mass is 79.9. The summed E-state index contributed by atoms with van der Waals surface area (Å²) in [5.41, 5.74) is 2.83. The molecular formula is C14H20BrNO. The largest absolute Gasteiger partial charge is 0.392 e. The molecular weight excluding hydrogens is 278 g/mol. The normalized spacial score (nSPS) is 20.3. The predicted molar refractivity (Wildman–Crippen MR) is 74.1 cm³/mol. The third-order valence-corrected chi connectivity index (χ3v) is 3.90. The molecule has 0 saturated carbocycles. The second kappa shape index (κ2) is 5.98. The van der Waals surface area contributed by atoms with Crippen molar-refractivity contribution in [1.82, 2.24) is 5.32 Å². The Hall–Kier alpha value is -0.380. The molecule has 17 heavy (non-hydrogen) atoms. The minimum Gasteiger partial charge on any atom is -0.392 e. The first-order valence-electron chi connectivity index (χ1n) is 6.40. The zero-order chi connectivity index (χ0) is 12.3. The number of aliphatic hydroxyl groups excluding tert-OH is 1. The Morgan fingerprint density at radius 3 is 3.12 bits per heavy atom. The molecule has 0 bridgehead atoms. The van der Waals surface area contributed by atoms with Crippen LogP contribution in [0.1, 0.15) is 43.4 Å². The molecule has 0 aliphatic heterocycles. The third-order valence-electron chi connectivity index (χ3n) is 3.40. The molecule has 2 N–H and O–H groups in total. The van der Waals surface area contributed by atoms with Crippen molar-refractivity contribution < 1.29 is 5.11 Å². The van der Waals surface area contributed by atoms with Crippen molar-refractivity contribution in [3.63, 3.8) is 0 Å². The number of benzene rings is 1. The highest BCUT2D eigenvalue weighted by Crippen LogP contribution is 2.32. The van der Waals surface area contributed by atoms with Crippen LogP contribution >= 0.6 is 15.9 Å². The fourth-order valence-corrected chi connectivity index (χ4v) is 2.92. The lowest BCUT2D eigenvalue weighted by molar-refractivity contribution is 0.156. The van der Waals surface area contributed by atoms with Crippen molar-refractivity contribution in [2.45, 2.75) is 44.8 Å². The molecule has 0 heterocycles. The second-order valence-electron chi connectivity index (χ2n) is 4.79. The van der Waals surface area contributed by atoms with Crippen LogP contribution in [-0.4, -0.2) is 17.8 Å². The van der Waals surface area contributed by atoms with Gasteiger partial charge in [-0.05, 0) is 42.5 Å². The van der Waals surface area contributed by atoms with Gasteiger partial charge in [0.05, 0.1) is 6.10 Å². The fraction of sp³-hybridized carbons (Fsp3) is 0.571. The molecule has 2 rings (SSSR count). The lowest BCUT2D eigenvalue weighted by Gasteiger charge is -2.17. The lowest BCUT2D eigenvalue weighted by atomic mass is 10.1. The molecule has 2 nitrogen and oxygen atoms in total.